The number of ether oxygens (including phenoxy) is 3. The molecule has 2 saturated heterocycles. The van der Waals surface area contributed by atoms with E-state index >= 15 is 0 Å². The zero-order chi connectivity index (χ0) is 14.6. The highest BCUT2D eigenvalue weighted by molar-refractivity contribution is 5.75. The van der Waals surface area contributed by atoms with Crippen molar-refractivity contribution in [3.05, 3.63) is 0 Å². The Morgan fingerprint density at radius 3 is 2.70 bits per heavy atom. The second kappa shape index (κ2) is 6.87. The van der Waals surface area contributed by atoms with E-state index in [1.807, 2.05) is 13.8 Å². The standard InChI is InChI=1S/C15H27NO4/c1-15(2,14(17)18-3)6-7-16-8-10-20-13(11-16)12-5-4-9-19-12/h12-13H,4-11H2,1-3H3/t12-,13-/m0/s1. The molecule has 2 atom stereocenters. The van der Waals surface area contributed by atoms with Gasteiger partial charge in [0, 0.05) is 19.7 Å². The fraction of sp³-hybridized carbons (Fsp3) is 0.933. The predicted molar refractivity (Wildman–Crippen MR) is 75.6 cm³/mol. The van der Waals surface area contributed by atoms with Crippen molar-refractivity contribution in [1.29, 1.82) is 0 Å². The summed E-state index contributed by atoms with van der Waals surface area (Å²) >= 11 is 0. The van der Waals surface area contributed by atoms with E-state index in [1.54, 1.807) is 0 Å². The quantitative estimate of drug-likeness (QED) is 0.716. The smallest absolute Gasteiger partial charge is 0.311 e. The van der Waals surface area contributed by atoms with Crippen LogP contribution in [0.2, 0.25) is 0 Å². The summed E-state index contributed by atoms with van der Waals surface area (Å²) in [4.78, 5) is 14.1. The van der Waals surface area contributed by atoms with Crippen LogP contribution in [0.3, 0.4) is 0 Å². The first-order chi connectivity index (χ1) is 9.53. The molecular formula is C15H27NO4. The lowest BCUT2D eigenvalue weighted by molar-refractivity contribution is -0.151. The van der Waals surface area contributed by atoms with Crippen molar-refractivity contribution in [3.8, 4) is 0 Å². The van der Waals surface area contributed by atoms with E-state index in [9.17, 15) is 4.79 Å². The Bertz CT molecular complexity index is 326. The number of esters is 1. The number of nitrogens with zero attached hydrogens (tertiary/aromatic N) is 1. The summed E-state index contributed by atoms with van der Waals surface area (Å²) in [5.41, 5.74) is -0.424. The topological polar surface area (TPSA) is 48.0 Å². The van der Waals surface area contributed by atoms with Gasteiger partial charge in [0.15, 0.2) is 0 Å². The first-order valence-electron chi connectivity index (χ1n) is 7.57. The number of carbonyl (C=O) groups is 1. The summed E-state index contributed by atoms with van der Waals surface area (Å²) in [6.45, 7) is 8.23. The molecule has 5 nitrogen and oxygen atoms in total. The van der Waals surface area contributed by atoms with Crippen molar-refractivity contribution in [1.82, 2.24) is 4.90 Å². The van der Waals surface area contributed by atoms with Crippen LogP contribution in [-0.2, 0) is 19.0 Å². The summed E-state index contributed by atoms with van der Waals surface area (Å²) < 4.78 is 16.4. The fourth-order valence-electron chi connectivity index (χ4n) is 2.87. The van der Waals surface area contributed by atoms with Crippen LogP contribution < -0.4 is 0 Å². The van der Waals surface area contributed by atoms with Crippen molar-refractivity contribution in [3.63, 3.8) is 0 Å². The lowest BCUT2D eigenvalue weighted by Crippen LogP contribution is -2.48. The van der Waals surface area contributed by atoms with Gasteiger partial charge >= 0.3 is 5.97 Å². The molecule has 0 aliphatic carbocycles. The Hall–Kier alpha value is -0.650. The number of rotatable bonds is 5. The van der Waals surface area contributed by atoms with Gasteiger partial charge in [-0.05, 0) is 39.7 Å². The molecule has 0 aromatic rings. The van der Waals surface area contributed by atoms with Gasteiger partial charge in [0.25, 0.3) is 0 Å². The average molecular weight is 285 g/mol. The summed E-state index contributed by atoms with van der Waals surface area (Å²) in [7, 11) is 1.45. The van der Waals surface area contributed by atoms with Crippen molar-refractivity contribution in [2.45, 2.75) is 45.3 Å². The first kappa shape index (κ1) is 15.7. The molecule has 2 aliphatic rings. The van der Waals surface area contributed by atoms with Crippen molar-refractivity contribution in [2.75, 3.05) is 40.0 Å². The molecule has 0 aromatic carbocycles. The van der Waals surface area contributed by atoms with Crippen LogP contribution in [-0.4, -0.2) is 63.0 Å². The molecule has 0 saturated carbocycles. The van der Waals surface area contributed by atoms with Crippen LogP contribution in [0.1, 0.15) is 33.1 Å². The Balaban J connectivity index is 1.79. The molecule has 0 unspecified atom stereocenters. The van der Waals surface area contributed by atoms with E-state index in [-0.39, 0.29) is 18.2 Å². The zero-order valence-electron chi connectivity index (χ0n) is 12.9. The van der Waals surface area contributed by atoms with E-state index in [2.05, 4.69) is 4.90 Å². The largest absolute Gasteiger partial charge is 0.469 e. The molecule has 2 fully saturated rings. The van der Waals surface area contributed by atoms with Gasteiger partial charge in [0.2, 0.25) is 0 Å². The minimum Gasteiger partial charge on any atom is -0.469 e. The molecule has 0 bridgehead atoms. The summed E-state index contributed by atoms with van der Waals surface area (Å²) in [5, 5.41) is 0. The molecule has 2 rings (SSSR count). The van der Waals surface area contributed by atoms with Gasteiger partial charge in [-0.1, -0.05) is 0 Å². The first-order valence-corrected chi connectivity index (χ1v) is 7.57. The summed E-state index contributed by atoms with van der Waals surface area (Å²) in [5.74, 6) is -0.138. The molecule has 0 amide bonds. The predicted octanol–water partition coefficient (Wildman–Crippen LogP) is 1.46. The molecule has 2 heterocycles. The van der Waals surface area contributed by atoms with Crippen LogP contribution in [0.4, 0.5) is 0 Å². The Kier molecular flexibility index (Phi) is 5.41. The average Bonchev–Trinajstić information content (AvgIpc) is 2.99. The Morgan fingerprint density at radius 2 is 2.05 bits per heavy atom. The van der Waals surface area contributed by atoms with E-state index in [4.69, 9.17) is 14.2 Å². The monoisotopic (exact) mass is 285 g/mol. The summed E-state index contributed by atoms with van der Waals surface area (Å²) in [6.07, 6.45) is 3.49. The highest BCUT2D eigenvalue weighted by Crippen LogP contribution is 2.25. The van der Waals surface area contributed by atoms with E-state index in [0.29, 0.717) is 0 Å². The van der Waals surface area contributed by atoms with Gasteiger partial charge < -0.3 is 14.2 Å². The number of hydrogen-bond acceptors (Lipinski definition) is 5. The van der Waals surface area contributed by atoms with Crippen molar-refractivity contribution in [2.24, 2.45) is 5.41 Å². The number of hydrogen-bond donors (Lipinski definition) is 0. The third kappa shape index (κ3) is 3.93. The van der Waals surface area contributed by atoms with Crippen LogP contribution in [0.5, 0.6) is 0 Å². The maximum Gasteiger partial charge on any atom is 0.311 e. The van der Waals surface area contributed by atoms with Gasteiger partial charge in [0.05, 0.1) is 31.3 Å². The normalized spacial score (nSPS) is 28.6. The minimum absolute atomic E-state index is 0.138. The fourth-order valence-corrected chi connectivity index (χ4v) is 2.87. The maximum atomic E-state index is 11.7. The van der Waals surface area contributed by atoms with Crippen LogP contribution >= 0.6 is 0 Å². The van der Waals surface area contributed by atoms with Gasteiger partial charge in [-0.3, -0.25) is 9.69 Å². The van der Waals surface area contributed by atoms with Crippen molar-refractivity contribution < 1.29 is 19.0 Å². The third-order valence-electron chi connectivity index (χ3n) is 4.35. The number of carbonyl (C=O) groups excluding carboxylic acids is 1. The number of methoxy groups -OCH3 is 1. The molecule has 5 heteroatoms. The van der Waals surface area contributed by atoms with Gasteiger partial charge in [-0.15, -0.1) is 0 Å². The second-order valence-electron chi connectivity index (χ2n) is 6.39. The van der Waals surface area contributed by atoms with Crippen LogP contribution in [0.25, 0.3) is 0 Å². The highest BCUT2D eigenvalue weighted by Gasteiger charge is 2.33. The van der Waals surface area contributed by atoms with E-state index in [1.165, 1.54) is 7.11 Å². The molecule has 20 heavy (non-hydrogen) atoms. The summed E-state index contributed by atoms with van der Waals surface area (Å²) in [6, 6.07) is 0. The molecular weight excluding hydrogens is 258 g/mol. The minimum atomic E-state index is -0.424. The SMILES string of the molecule is COC(=O)C(C)(C)CCN1CCO[C@H]([C@@H]2CCCO2)C1. The van der Waals surface area contributed by atoms with Gasteiger partial charge in [-0.25, -0.2) is 0 Å². The van der Waals surface area contributed by atoms with Crippen LogP contribution in [0.15, 0.2) is 0 Å². The van der Waals surface area contributed by atoms with Gasteiger partial charge in [0.1, 0.15) is 0 Å². The third-order valence-corrected chi connectivity index (χ3v) is 4.35. The Morgan fingerprint density at radius 1 is 1.30 bits per heavy atom. The molecule has 0 N–H and O–H groups in total. The van der Waals surface area contributed by atoms with Crippen LogP contribution in [0, 0.1) is 5.41 Å². The second-order valence-corrected chi connectivity index (χ2v) is 6.39. The molecule has 2 aliphatic heterocycles. The number of morpholine rings is 1. The maximum absolute atomic E-state index is 11.7. The zero-order valence-corrected chi connectivity index (χ0v) is 12.9. The highest BCUT2D eigenvalue weighted by atomic mass is 16.5. The van der Waals surface area contributed by atoms with E-state index < -0.39 is 5.41 Å². The molecule has 0 aromatic heterocycles. The lowest BCUT2D eigenvalue weighted by Gasteiger charge is -2.36. The van der Waals surface area contributed by atoms with Gasteiger partial charge in [-0.2, -0.15) is 0 Å². The molecule has 0 radical (unpaired) electrons. The van der Waals surface area contributed by atoms with E-state index in [0.717, 1.165) is 52.1 Å². The Labute approximate surface area is 121 Å². The lowest BCUT2D eigenvalue weighted by atomic mass is 9.89. The van der Waals surface area contributed by atoms with Crippen molar-refractivity contribution >= 4 is 5.97 Å². The molecule has 0 spiro atoms. The molecule has 116 valence electrons.